The summed E-state index contributed by atoms with van der Waals surface area (Å²) >= 11 is 1.59. The number of carboxylic acids is 1. The second-order valence-electron chi connectivity index (χ2n) is 4.56. The second-order valence-corrected chi connectivity index (χ2v) is 5.71. The first-order valence-electron chi connectivity index (χ1n) is 6.40. The molecule has 0 aliphatic carbocycles. The molecule has 0 unspecified atom stereocenters. The monoisotopic (exact) mass is 271 g/mol. The van der Waals surface area contributed by atoms with Crippen molar-refractivity contribution in [1.82, 2.24) is 5.32 Å². The summed E-state index contributed by atoms with van der Waals surface area (Å²) in [6.45, 7) is 3.73. The van der Waals surface area contributed by atoms with Crippen LogP contribution in [0.25, 0.3) is 0 Å². The van der Waals surface area contributed by atoms with Crippen molar-refractivity contribution >= 4 is 23.6 Å². The van der Waals surface area contributed by atoms with Gasteiger partial charge in [-0.05, 0) is 25.0 Å². The number of carbonyl (C=O) groups excluding carboxylic acids is 1. The van der Waals surface area contributed by atoms with Crippen molar-refractivity contribution in [3.63, 3.8) is 0 Å². The number of rotatable bonds is 1. The zero-order valence-electron chi connectivity index (χ0n) is 10.6. The molecule has 0 saturated carbocycles. The summed E-state index contributed by atoms with van der Waals surface area (Å²) in [6.07, 6.45) is 6.20. The van der Waals surface area contributed by atoms with E-state index in [-0.39, 0.29) is 5.91 Å². The summed E-state index contributed by atoms with van der Waals surface area (Å²) < 4.78 is 0. The molecule has 18 heavy (non-hydrogen) atoms. The first-order chi connectivity index (χ1) is 8.61. The van der Waals surface area contributed by atoms with Crippen LogP contribution in [0.2, 0.25) is 0 Å². The molecule has 1 aliphatic rings. The zero-order valence-corrected chi connectivity index (χ0v) is 11.4. The molecule has 1 heterocycles. The van der Waals surface area contributed by atoms with Crippen molar-refractivity contribution in [2.45, 2.75) is 44.6 Å². The van der Waals surface area contributed by atoms with E-state index in [2.05, 4.69) is 11.9 Å². The molecule has 0 radical (unpaired) electrons. The van der Waals surface area contributed by atoms with Gasteiger partial charge >= 0.3 is 5.97 Å². The standard InChI is InChI=1S/C13H21NO3S/c1-10-7-5-3-2-4-6-8-18-9-11(13(16)17)14-12(10)15/h11H,1-9H2,(H,14,15)(H,16,17)/t11-/m0/s1. The summed E-state index contributed by atoms with van der Waals surface area (Å²) in [5, 5.41) is 11.6. The zero-order chi connectivity index (χ0) is 13.4. The maximum absolute atomic E-state index is 11.7. The van der Waals surface area contributed by atoms with Crippen LogP contribution in [0.3, 0.4) is 0 Å². The van der Waals surface area contributed by atoms with Crippen molar-refractivity contribution in [1.29, 1.82) is 0 Å². The van der Waals surface area contributed by atoms with Gasteiger partial charge in [-0.2, -0.15) is 11.8 Å². The summed E-state index contributed by atoms with van der Waals surface area (Å²) in [5.74, 6) is 0.0929. The summed E-state index contributed by atoms with van der Waals surface area (Å²) in [5.41, 5.74) is 0.491. The molecule has 0 aromatic carbocycles. The molecule has 102 valence electrons. The Morgan fingerprint density at radius 3 is 2.67 bits per heavy atom. The van der Waals surface area contributed by atoms with Gasteiger partial charge in [0.1, 0.15) is 6.04 Å². The van der Waals surface area contributed by atoms with E-state index < -0.39 is 12.0 Å². The fourth-order valence-electron chi connectivity index (χ4n) is 1.82. The van der Waals surface area contributed by atoms with E-state index in [9.17, 15) is 9.59 Å². The van der Waals surface area contributed by atoms with Gasteiger partial charge in [0.2, 0.25) is 5.91 Å². The Hall–Kier alpha value is -0.970. The lowest BCUT2D eigenvalue weighted by Crippen LogP contribution is -2.43. The largest absolute Gasteiger partial charge is 0.480 e. The molecule has 0 aromatic heterocycles. The summed E-state index contributed by atoms with van der Waals surface area (Å²) in [6, 6.07) is -0.806. The van der Waals surface area contributed by atoms with Crippen LogP contribution in [-0.2, 0) is 9.59 Å². The molecule has 0 aromatic rings. The highest BCUT2D eigenvalue weighted by atomic mass is 32.2. The van der Waals surface area contributed by atoms with Crippen LogP contribution in [0.4, 0.5) is 0 Å². The summed E-state index contributed by atoms with van der Waals surface area (Å²) in [4.78, 5) is 22.8. The van der Waals surface area contributed by atoms with Crippen molar-refractivity contribution in [3.8, 4) is 0 Å². The van der Waals surface area contributed by atoms with Gasteiger partial charge in [-0.1, -0.05) is 25.8 Å². The van der Waals surface area contributed by atoms with E-state index in [1.54, 1.807) is 11.8 Å². The number of thioether (sulfide) groups is 1. The Morgan fingerprint density at radius 2 is 1.94 bits per heavy atom. The maximum Gasteiger partial charge on any atom is 0.327 e. The Balaban J connectivity index is 2.58. The number of amides is 1. The third-order valence-electron chi connectivity index (χ3n) is 2.98. The number of carboxylic acid groups (broad SMARTS) is 1. The van der Waals surface area contributed by atoms with Crippen LogP contribution >= 0.6 is 11.8 Å². The smallest absolute Gasteiger partial charge is 0.327 e. The molecule has 0 bridgehead atoms. The highest BCUT2D eigenvalue weighted by molar-refractivity contribution is 7.99. The molecule has 1 amide bonds. The third kappa shape index (κ3) is 5.58. The van der Waals surface area contributed by atoms with E-state index in [4.69, 9.17) is 5.11 Å². The molecular formula is C13H21NO3S. The van der Waals surface area contributed by atoms with Gasteiger partial charge in [-0.3, -0.25) is 4.79 Å². The van der Waals surface area contributed by atoms with E-state index in [0.717, 1.165) is 25.0 Å². The van der Waals surface area contributed by atoms with Crippen LogP contribution in [-0.4, -0.2) is 34.5 Å². The SMILES string of the molecule is C=C1CCCCCCCSC[C@@H](C(=O)O)NC1=O. The van der Waals surface area contributed by atoms with Gasteiger partial charge < -0.3 is 10.4 Å². The summed E-state index contributed by atoms with van der Waals surface area (Å²) in [7, 11) is 0. The van der Waals surface area contributed by atoms with Crippen LogP contribution in [0, 0.1) is 0 Å². The van der Waals surface area contributed by atoms with Crippen LogP contribution in [0.15, 0.2) is 12.2 Å². The van der Waals surface area contributed by atoms with Gasteiger partial charge in [0, 0.05) is 11.3 Å². The molecule has 1 fully saturated rings. The minimum atomic E-state index is -0.974. The first-order valence-corrected chi connectivity index (χ1v) is 7.56. The molecule has 2 N–H and O–H groups in total. The number of carbonyl (C=O) groups is 2. The molecular weight excluding hydrogens is 250 g/mol. The van der Waals surface area contributed by atoms with Crippen LogP contribution in [0.1, 0.15) is 38.5 Å². The Kier molecular flexibility index (Phi) is 6.86. The van der Waals surface area contributed by atoms with E-state index >= 15 is 0 Å². The molecule has 1 atom stereocenters. The molecule has 5 heteroatoms. The molecule has 0 spiro atoms. The number of nitrogens with one attached hydrogen (secondary N) is 1. The highest BCUT2D eigenvalue weighted by Gasteiger charge is 2.21. The molecule has 4 nitrogen and oxygen atoms in total. The van der Waals surface area contributed by atoms with Gasteiger partial charge in [0.15, 0.2) is 0 Å². The predicted molar refractivity (Wildman–Crippen MR) is 73.7 cm³/mol. The fraction of sp³-hybridized carbons (Fsp3) is 0.692. The van der Waals surface area contributed by atoms with Crippen LogP contribution < -0.4 is 5.32 Å². The minimum absolute atomic E-state index is 0.317. The Morgan fingerprint density at radius 1 is 1.28 bits per heavy atom. The van der Waals surface area contributed by atoms with Gasteiger partial charge in [-0.15, -0.1) is 0 Å². The van der Waals surface area contributed by atoms with E-state index in [1.807, 2.05) is 0 Å². The van der Waals surface area contributed by atoms with Crippen molar-refractivity contribution in [2.75, 3.05) is 11.5 Å². The van der Waals surface area contributed by atoms with E-state index in [0.29, 0.717) is 17.7 Å². The average molecular weight is 271 g/mol. The van der Waals surface area contributed by atoms with Gasteiger partial charge in [0.25, 0.3) is 0 Å². The Bertz CT molecular complexity index is 317. The normalized spacial score (nSPS) is 24.3. The predicted octanol–water partition coefficient (Wildman–Crippen LogP) is 2.20. The van der Waals surface area contributed by atoms with E-state index in [1.165, 1.54) is 12.8 Å². The highest BCUT2D eigenvalue weighted by Crippen LogP contribution is 2.14. The number of aliphatic carboxylic acids is 1. The fourth-order valence-corrected chi connectivity index (χ4v) is 2.86. The van der Waals surface area contributed by atoms with Gasteiger partial charge in [-0.25, -0.2) is 4.79 Å². The number of hydrogen-bond donors (Lipinski definition) is 2. The molecule has 1 saturated heterocycles. The minimum Gasteiger partial charge on any atom is -0.480 e. The third-order valence-corrected chi connectivity index (χ3v) is 4.12. The van der Waals surface area contributed by atoms with Gasteiger partial charge in [0.05, 0.1) is 0 Å². The lowest BCUT2D eigenvalue weighted by atomic mass is 10.1. The molecule has 1 aliphatic heterocycles. The Labute approximate surface area is 112 Å². The quantitative estimate of drug-likeness (QED) is 0.718. The average Bonchev–Trinajstić information content (AvgIpc) is 2.34. The second kappa shape index (κ2) is 8.19. The van der Waals surface area contributed by atoms with Crippen molar-refractivity contribution in [2.24, 2.45) is 0 Å². The van der Waals surface area contributed by atoms with Crippen molar-refractivity contribution in [3.05, 3.63) is 12.2 Å². The first kappa shape index (κ1) is 15.1. The maximum atomic E-state index is 11.7. The topological polar surface area (TPSA) is 66.4 Å². The van der Waals surface area contributed by atoms with Crippen molar-refractivity contribution < 1.29 is 14.7 Å². The molecule has 1 rings (SSSR count). The van der Waals surface area contributed by atoms with Crippen LogP contribution in [0.5, 0.6) is 0 Å². The lowest BCUT2D eigenvalue weighted by Gasteiger charge is -2.14. The lowest BCUT2D eigenvalue weighted by molar-refractivity contribution is -0.140. The number of hydrogen-bond acceptors (Lipinski definition) is 3.